The summed E-state index contributed by atoms with van der Waals surface area (Å²) in [5, 5.41) is 6.27. The lowest BCUT2D eigenvalue weighted by Gasteiger charge is -2.29. The molecular weight excluding hydrogens is 314 g/mol. The van der Waals surface area contributed by atoms with E-state index in [1.165, 1.54) is 0 Å². The van der Waals surface area contributed by atoms with Crippen molar-refractivity contribution in [2.24, 2.45) is 0 Å². The molecule has 132 valence electrons. The van der Waals surface area contributed by atoms with E-state index in [0.717, 1.165) is 48.9 Å². The van der Waals surface area contributed by atoms with Crippen LogP contribution in [-0.2, 0) is 9.53 Å². The largest absolute Gasteiger partial charge is 0.378 e. The van der Waals surface area contributed by atoms with Crippen LogP contribution in [0.25, 0.3) is 0 Å². The molecule has 1 amide bonds. The number of aryl methyl sites for hydroxylation is 1. The van der Waals surface area contributed by atoms with Crippen molar-refractivity contribution in [3.63, 3.8) is 0 Å². The molecule has 2 aromatic rings. The number of anilines is 3. The van der Waals surface area contributed by atoms with Crippen LogP contribution >= 0.6 is 0 Å². The van der Waals surface area contributed by atoms with Crippen molar-refractivity contribution < 1.29 is 9.53 Å². The van der Waals surface area contributed by atoms with Crippen molar-refractivity contribution in [1.82, 2.24) is 0 Å². The molecule has 2 aromatic carbocycles. The second-order valence-corrected chi connectivity index (χ2v) is 6.32. The highest BCUT2D eigenvalue weighted by atomic mass is 16.5. The lowest BCUT2D eigenvalue weighted by Crippen LogP contribution is -2.36. The number of rotatable bonds is 5. The zero-order valence-electron chi connectivity index (χ0n) is 14.8. The third-order valence-corrected chi connectivity index (χ3v) is 4.40. The first-order valence-corrected chi connectivity index (χ1v) is 8.69. The summed E-state index contributed by atoms with van der Waals surface area (Å²) in [6, 6.07) is 15.6. The van der Waals surface area contributed by atoms with Crippen LogP contribution in [0.3, 0.4) is 0 Å². The smallest absolute Gasteiger partial charge is 0.246 e. The number of amides is 1. The van der Waals surface area contributed by atoms with E-state index < -0.39 is 0 Å². The molecule has 0 saturated carbocycles. The van der Waals surface area contributed by atoms with E-state index in [1.54, 1.807) is 0 Å². The number of para-hydroxylation sites is 1. The molecule has 1 aliphatic rings. The van der Waals surface area contributed by atoms with Gasteiger partial charge in [-0.05, 0) is 43.7 Å². The minimum atomic E-state index is -0.334. The maximum Gasteiger partial charge on any atom is 0.246 e. The molecule has 1 atom stereocenters. The van der Waals surface area contributed by atoms with Gasteiger partial charge in [-0.1, -0.05) is 24.3 Å². The van der Waals surface area contributed by atoms with Crippen molar-refractivity contribution in [3.05, 3.63) is 54.1 Å². The molecule has 25 heavy (non-hydrogen) atoms. The summed E-state index contributed by atoms with van der Waals surface area (Å²) in [5.74, 6) is -0.0499. The summed E-state index contributed by atoms with van der Waals surface area (Å²) in [5.41, 5.74) is 4.00. The topological polar surface area (TPSA) is 53.6 Å². The second kappa shape index (κ2) is 8.03. The summed E-state index contributed by atoms with van der Waals surface area (Å²) in [6.45, 7) is 7.16. The monoisotopic (exact) mass is 339 g/mol. The summed E-state index contributed by atoms with van der Waals surface area (Å²) in [6.07, 6.45) is 0. The van der Waals surface area contributed by atoms with E-state index in [2.05, 4.69) is 27.7 Å². The quantitative estimate of drug-likeness (QED) is 0.878. The number of hydrogen-bond donors (Lipinski definition) is 2. The maximum absolute atomic E-state index is 12.5. The molecular formula is C20H25N3O2. The molecule has 3 rings (SSSR count). The number of hydrogen-bond acceptors (Lipinski definition) is 4. The summed E-state index contributed by atoms with van der Waals surface area (Å²) in [7, 11) is 0. The number of carbonyl (C=O) groups is 1. The molecule has 5 heteroatoms. The van der Waals surface area contributed by atoms with Gasteiger partial charge in [0.15, 0.2) is 0 Å². The van der Waals surface area contributed by atoms with Crippen LogP contribution in [0, 0.1) is 6.92 Å². The number of carbonyl (C=O) groups excluding carboxylic acids is 1. The molecule has 1 saturated heterocycles. The summed E-state index contributed by atoms with van der Waals surface area (Å²) >= 11 is 0. The van der Waals surface area contributed by atoms with Crippen LogP contribution in [0.5, 0.6) is 0 Å². The molecule has 1 aliphatic heterocycles. The number of nitrogens with zero attached hydrogens (tertiary/aromatic N) is 1. The van der Waals surface area contributed by atoms with Gasteiger partial charge in [0.2, 0.25) is 5.91 Å². The van der Waals surface area contributed by atoms with Gasteiger partial charge in [0.1, 0.15) is 6.04 Å². The Kier molecular flexibility index (Phi) is 5.56. The molecule has 0 bridgehead atoms. The van der Waals surface area contributed by atoms with Crippen molar-refractivity contribution in [2.45, 2.75) is 19.9 Å². The van der Waals surface area contributed by atoms with E-state index in [9.17, 15) is 4.79 Å². The van der Waals surface area contributed by atoms with Crippen LogP contribution in [0.4, 0.5) is 17.1 Å². The molecule has 1 unspecified atom stereocenters. The van der Waals surface area contributed by atoms with Gasteiger partial charge < -0.3 is 20.3 Å². The van der Waals surface area contributed by atoms with E-state index in [-0.39, 0.29) is 11.9 Å². The van der Waals surface area contributed by atoms with Crippen LogP contribution in [0.2, 0.25) is 0 Å². The van der Waals surface area contributed by atoms with Crippen molar-refractivity contribution in [1.29, 1.82) is 0 Å². The predicted molar refractivity (Wildman–Crippen MR) is 102 cm³/mol. The summed E-state index contributed by atoms with van der Waals surface area (Å²) < 4.78 is 5.40. The fraction of sp³-hybridized carbons (Fsp3) is 0.350. The van der Waals surface area contributed by atoms with Gasteiger partial charge in [-0.15, -0.1) is 0 Å². The predicted octanol–water partition coefficient (Wildman–Crippen LogP) is 3.27. The van der Waals surface area contributed by atoms with Crippen LogP contribution in [-0.4, -0.2) is 38.3 Å². The van der Waals surface area contributed by atoms with Gasteiger partial charge in [-0.3, -0.25) is 4.79 Å². The molecule has 5 nitrogen and oxygen atoms in total. The van der Waals surface area contributed by atoms with Crippen LogP contribution in [0.15, 0.2) is 48.5 Å². The Morgan fingerprint density at radius 2 is 1.88 bits per heavy atom. The normalized spacial score (nSPS) is 15.5. The van der Waals surface area contributed by atoms with Gasteiger partial charge >= 0.3 is 0 Å². The first-order chi connectivity index (χ1) is 12.1. The molecule has 0 spiro atoms. The fourth-order valence-corrected chi connectivity index (χ4v) is 2.88. The van der Waals surface area contributed by atoms with Gasteiger partial charge in [-0.2, -0.15) is 0 Å². The summed E-state index contributed by atoms with van der Waals surface area (Å²) in [4.78, 5) is 14.8. The van der Waals surface area contributed by atoms with Crippen LogP contribution in [0.1, 0.15) is 12.5 Å². The van der Waals surface area contributed by atoms with E-state index >= 15 is 0 Å². The standard InChI is InChI=1S/C20H25N3O2/c1-15-6-3-4-9-19(15)22-20(24)16(2)21-17-7-5-8-18(14-17)23-10-12-25-13-11-23/h3-9,14,16,21H,10-13H2,1-2H3,(H,22,24). The van der Waals surface area contributed by atoms with Gasteiger partial charge in [0.05, 0.1) is 13.2 Å². The minimum Gasteiger partial charge on any atom is -0.378 e. The molecule has 0 radical (unpaired) electrons. The number of benzene rings is 2. The third-order valence-electron chi connectivity index (χ3n) is 4.40. The molecule has 2 N–H and O–H groups in total. The van der Waals surface area contributed by atoms with Crippen molar-refractivity contribution in [3.8, 4) is 0 Å². The van der Waals surface area contributed by atoms with E-state index in [4.69, 9.17) is 4.74 Å². The first kappa shape index (κ1) is 17.3. The van der Waals surface area contributed by atoms with E-state index in [0.29, 0.717) is 0 Å². The highest BCUT2D eigenvalue weighted by Crippen LogP contribution is 2.21. The number of nitrogens with one attached hydrogen (secondary N) is 2. The highest BCUT2D eigenvalue weighted by molar-refractivity contribution is 5.96. The van der Waals surface area contributed by atoms with Gasteiger partial charge in [-0.25, -0.2) is 0 Å². The van der Waals surface area contributed by atoms with E-state index in [1.807, 2.05) is 50.2 Å². The Morgan fingerprint density at radius 1 is 1.12 bits per heavy atom. The number of ether oxygens (including phenoxy) is 1. The average Bonchev–Trinajstić information content (AvgIpc) is 2.64. The molecule has 1 heterocycles. The molecule has 1 fully saturated rings. The van der Waals surface area contributed by atoms with Crippen molar-refractivity contribution in [2.75, 3.05) is 41.8 Å². The Hall–Kier alpha value is -2.53. The lowest BCUT2D eigenvalue weighted by molar-refractivity contribution is -0.116. The van der Waals surface area contributed by atoms with Gasteiger partial charge in [0, 0.05) is 30.2 Å². The Balaban J connectivity index is 1.63. The van der Waals surface area contributed by atoms with Crippen LogP contribution < -0.4 is 15.5 Å². The fourth-order valence-electron chi connectivity index (χ4n) is 2.88. The molecule has 0 aromatic heterocycles. The Morgan fingerprint density at radius 3 is 2.64 bits per heavy atom. The lowest BCUT2D eigenvalue weighted by atomic mass is 10.2. The van der Waals surface area contributed by atoms with Gasteiger partial charge in [0.25, 0.3) is 0 Å². The molecule has 0 aliphatic carbocycles. The Bertz CT molecular complexity index is 726. The third kappa shape index (κ3) is 4.51. The minimum absolute atomic E-state index is 0.0499. The zero-order chi connectivity index (χ0) is 17.6. The zero-order valence-corrected chi connectivity index (χ0v) is 14.8. The average molecular weight is 339 g/mol. The highest BCUT2D eigenvalue weighted by Gasteiger charge is 2.15. The second-order valence-electron chi connectivity index (χ2n) is 6.32. The SMILES string of the molecule is Cc1ccccc1NC(=O)C(C)Nc1cccc(N2CCOCC2)c1. The first-order valence-electron chi connectivity index (χ1n) is 8.69. The number of morpholine rings is 1. The Labute approximate surface area is 149 Å². The maximum atomic E-state index is 12.5. The van der Waals surface area contributed by atoms with Crippen molar-refractivity contribution >= 4 is 23.0 Å².